The molecule has 0 aromatic heterocycles. The van der Waals surface area contributed by atoms with Crippen molar-refractivity contribution in [2.75, 3.05) is 19.7 Å². The van der Waals surface area contributed by atoms with Crippen LogP contribution in [-0.4, -0.2) is 36.8 Å². The lowest BCUT2D eigenvalue weighted by Crippen LogP contribution is -2.48. The van der Waals surface area contributed by atoms with Crippen LogP contribution >= 0.6 is 0 Å². The van der Waals surface area contributed by atoms with Crippen LogP contribution in [0.1, 0.15) is 22.6 Å². The van der Waals surface area contributed by atoms with Gasteiger partial charge in [0.25, 0.3) is 0 Å². The highest BCUT2D eigenvalue weighted by Gasteiger charge is 2.32. The first-order chi connectivity index (χ1) is 14.8. The van der Waals surface area contributed by atoms with Crippen LogP contribution in [0.3, 0.4) is 0 Å². The van der Waals surface area contributed by atoms with E-state index in [2.05, 4.69) is 48.5 Å². The molecule has 2 atom stereocenters. The van der Waals surface area contributed by atoms with E-state index in [4.69, 9.17) is 9.47 Å². The maximum absolute atomic E-state index is 12.7. The van der Waals surface area contributed by atoms with Crippen LogP contribution in [-0.2, 0) is 22.5 Å². The van der Waals surface area contributed by atoms with Gasteiger partial charge in [-0.05, 0) is 23.1 Å². The topological polar surface area (TPSA) is 38.8 Å². The summed E-state index contributed by atoms with van der Waals surface area (Å²) >= 11 is 0. The van der Waals surface area contributed by atoms with E-state index in [-0.39, 0.29) is 24.7 Å². The van der Waals surface area contributed by atoms with Gasteiger partial charge in [-0.25, -0.2) is 4.79 Å². The molecule has 1 heterocycles. The van der Waals surface area contributed by atoms with E-state index in [1.54, 1.807) is 4.90 Å². The Hall–Kier alpha value is -3.11. The Bertz CT molecular complexity index is 915. The van der Waals surface area contributed by atoms with Gasteiger partial charge < -0.3 is 14.4 Å². The Morgan fingerprint density at radius 3 is 2.17 bits per heavy atom. The van der Waals surface area contributed by atoms with E-state index in [0.29, 0.717) is 19.7 Å². The van der Waals surface area contributed by atoms with Crippen LogP contribution in [0.2, 0.25) is 0 Å². The fraction of sp³-hybridized carbons (Fsp3) is 0.269. The van der Waals surface area contributed by atoms with Gasteiger partial charge in [-0.3, -0.25) is 0 Å². The summed E-state index contributed by atoms with van der Waals surface area (Å²) in [6, 6.07) is 30.6. The Morgan fingerprint density at radius 2 is 1.50 bits per heavy atom. The number of carbonyl (C=O) groups excluding carboxylic acids is 1. The normalized spacial score (nSPS) is 17.3. The summed E-state index contributed by atoms with van der Waals surface area (Å²) in [5, 5.41) is 0. The van der Waals surface area contributed by atoms with Gasteiger partial charge in [0.1, 0.15) is 6.61 Å². The first-order valence-corrected chi connectivity index (χ1v) is 10.5. The molecular formula is C26H27NO3. The van der Waals surface area contributed by atoms with Crippen LogP contribution in [0.15, 0.2) is 91.0 Å². The Morgan fingerprint density at radius 1 is 0.900 bits per heavy atom. The molecule has 30 heavy (non-hydrogen) atoms. The minimum Gasteiger partial charge on any atom is -0.445 e. The standard InChI is InChI=1S/C26H27NO3/c28-26(30-20-22-12-6-2-7-13-22)27-16-17-29-25(19-27)24(23-14-8-3-9-15-23)18-21-10-4-1-5-11-21/h1-15,24-25H,16-20H2. The van der Waals surface area contributed by atoms with E-state index in [1.165, 1.54) is 11.1 Å². The fourth-order valence-corrected chi connectivity index (χ4v) is 3.93. The zero-order valence-corrected chi connectivity index (χ0v) is 17.0. The van der Waals surface area contributed by atoms with Gasteiger partial charge in [-0.15, -0.1) is 0 Å². The molecule has 1 saturated heterocycles. The average molecular weight is 402 g/mol. The number of morpholine rings is 1. The van der Waals surface area contributed by atoms with Crippen molar-refractivity contribution in [1.29, 1.82) is 0 Å². The molecule has 3 aromatic rings. The van der Waals surface area contributed by atoms with E-state index in [0.717, 1.165) is 12.0 Å². The maximum atomic E-state index is 12.7. The number of carbonyl (C=O) groups is 1. The summed E-state index contributed by atoms with van der Waals surface area (Å²) in [5.74, 6) is 0.165. The molecular weight excluding hydrogens is 374 g/mol. The minimum absolute atomic E-state index is 0.0781. The molecule has 1 aliphatic heterocycles. The minimum atomic E-state index is -0.279. The van der Waals surface area contributed by atoms with Crippen LogP contribution in [0, 0.1) is 0 Å². The summed E-state index contributed by atoms with van der Waals surface area (Å²) < 4.78 is 11.7. The number of nitrogens with zero attached hydrogens (tertiary/aromatic N) is 1. The third-order valence-electron chi connectivity index (χ3n) is 5.53. The summed E-state index contributed by atoms with van der Waals surface area (Å²) in [4.78, 5) is 14.5. The van der Waals surface area contributed by atoms with Crippen molar-refractivity contribution in [3.63, 3.8) is 0 Å². The predicted octanol–water partition coefficient (Wildman–Crippen LogP) is 5.05. The van der Waals surface area contributed by atoms with Crippen molar-refractivity contribution in [3.8, 4) is 0 Å². The average Bonchev–Trinajstić information content (AvgIpc) is 2.83. The van der Waals surface area contributed by atoms with Crippen LogP contribution in [0.5, 0.6) is 0 Å². The van der Waals surface area contributed by atoms with Crippen molar-refractivity contribution >= 4 is 6.09 Å². The van der Waals surface area contributed by atoms with Crippen LogP contribution < -0.4 is 0 Å². The summed E-state index contributed by atoms with van der Waals surface area (Å²) in [5.41, 5.74) is 3.48. The van der Waals surface area contributed by atoms with E-state index < -0.39 is 0 Å². The number of amides is 1. The number of ether oxygens (including phenoxy) is 2. The van der Waals surface area contributed by atoms with Crippen molar-refractivity contribution in [3.05, 3.63) is 108 Å². The second-order valence-electron chi connectivity index (χ2n) is 7.60. The van der Waals surface area contributed by atoms with E-state index in [1.807, 2.05) is 42.5 Å². The third kappa shape index (κ3) is 5.28. The second-order valence-corrected chi connectivity index (χ2v) is 7.60. The first-order valence-electron chi connectivity index (χ1n) is 10.5. The van der Waals surface area contributed by atoms with Crippen molar-refractivity contribution < 1.29 is 14.3 Å². The lowest BCUT2D eigenvalue weighted by atomic mass is 9.86. The van der Waals surface area contributed by atoms with Gasteiger partial charge in [0.15, 0.2) is 0 Å². The zero-order chi connectivity index (χ0) is 20.6. The molecule has 1 amide bonds. The molecule has 0 aliphatic carbocycles. The van der Waals surface area contributed by atoms with Gasteiger partial charge in [0, 0.05) is 12.5 Å². The van der Waals surface area contributed by atoms with Crippen molar-refractivity contribution in [1.82, 2.24) is 4.90 Å². The lowest BCUT2D eigenvalue weighted by Gasteiger charge is -2.37. The highest BCUT2D eigenvalue weighted by molar-refractivity contribution is 5.67. The molecule has 2 unspecified atom stereocenters. The number of benzene rings is 3. The number of hydrogen-bond donors (Lipinski definition) is 0. The molecule has 0 bridgehead atoms. The Labute approximate surface area is 178 Å². The van der Waals surface area contributed by atoms with Gasteiger partial charge >= 0.3 is 6.09 Å². The monoisotopic (exact) mass is 401 g/mol. The molecule has 4 nitrogen and oxygen atoms in total. The zero-order valence-electron chi connectivity index (χ0n) is 17.0. The molecule has 3 aromatic carbocycles. The van der Waals surface area contributed by atoms with Gasteiger partial charge in [0.2, 0.25) is 0 Å². The fourth-order valence-electron chi connectivity index (χ4n) is 3.93. The molecule has 0 N–H and O–H groups in total. The molecule has 0 saturated carbocycles. The molecule has 1 fully saturated rings. The summed E-state index contributed by atoms with van der Waals surface area (Å²) in [6.07, 6.45) is 0.506. The maximum Gasteiger partial charge on any atom is 0.410 e. The third-order valence-corrected chi connectivity index (χ3v) is 5.53. The van der Waals surface area contributed by atoms with Gasteiger partial charge in [-0.2, -0.15) is 0 Å². The van der Waals surface area contributed by atoms with Crippen molar-refractivity contribution in [2.45, 2.75) is 25.0 Å². The van der Waals surface area contributed by atoms with Gasteiger partial charge in [0.05, 0.1) is 19.3 Å². The smallest absolute Gasteiger partial charge is 0.410 e. The first kappa shape index (κ1) is 20.2. The SMILES string of the molecule is O=C(OCc1ccccc1)N1CCOC(C(Cc2ccccc2)c2ccccc2)C1. The molecule has 0 radical (unpaired) electrons. The quantitative estimate of drug-likeness (QED) is 0.580. The van der Waals surface area contributed by atoms with E-state index >= 15 is 0 Å². The number of rotatable bonds is 6. The molecule has 1 aliphatic rings. The largest absolute Gasteiger partial charge is 0.445 e. The Balaban J connectivity index is 1.45. The van der Waals surface area contributed by atoms with Gasteiger partial charge in [-0.1, -0.05) is 91.0 Å². The second kappa shape index (κ2) is 10.1. The number of hydrogen-bond acceptors (Lipinski definition) is 3. The van der Waals surface area contributed by atoms with Crippen LogP contribution in [0.25, 0.3) is 0 Å². The summed E-state index contributed by atoms with van der Waals surface area (Å²) in [6.45, 7) is 1.88. The highest BCUT2D eigenvalue weighted by Crippen LogP contribution is 2.29. The molecule has 0 spiro atoms. The highest BCUT2D eigenvalue weighted by atomic mass is 16.6. The Kier molecular flexibility index (Phi) is 6.78. The van der Waals surface area contributed by atoms with Crippen LogP contribution in [0.4, 0.5) is 4.79 Å². The molecule has 4 heteroatoms. The lowest BCUT2D eigenvalue weighted by molar-refractivity contribution is -0.0402. The predicted molar refractivity (Wildman–Crippen MR) is 117 cm³/mol. The van der Waals surface area contributed by atoms with E-state index in [9.17, 15) is 4.79 Å². The summed E-state index contributed by atoms with van der Waals surface area (Å²) in [7, 11) is 0. The van der Waals surface area contributed by atoms with Crippen molar-refractivity contribution in [2.24, 2.45) is 0 Å². The molecule has 4 rings (SSSR count). The molecule has 154 valence electrons.